The van der Waals surface area contributed by atoms with E-state index in [-0.39, 0.29) is 25.9 Å². The van der Waals surface area contributed by atoms with Gasteiger partial charge in [-0.2, -0.15) is 0 Å². The van der Waals surface area contributed by atoms with Crippen molar-refractivity contribution in [1.82, 2.24) is 9.80 Å². The van der Waals surface area contributed by atoms with Crippen molar-refractivity contribution in [2.75, 3.05) is 19.6 Å². The van der Waals surface area contributed by atoms with Gasteiger partial charge in [-0.05, 0) is 56.5 Å². The van der Waals surface area contributed by atoms with E-state index in [0.29, 0.717) is 34.6 Å². The molecule has 0 unspecified atom stereocenters. The molecule has 2 N–H and O–H groups in total. The van der Waals surface area contributed by atoms with Crippen molar-refractivity contribution in [3.05, 3.63) is 53.1 Å². The lowest BCUT2D eigenvalue weighted by molar-refractivity contribution is -0.158. The van der Waals surface area contributed by atoms with Gasteiger partial charge in [0.15, 0.2) is 5.75 Å². The molecule has 2 aliphatic heterocycles. The molecule has 0 aliphatic carbocycles. The fourth-order valence-electron chi connectivity index (χ4n) is 5.62. The second-order valence-electron chi connectivity index (χ2n) is 12.3. The minimum absolute atomic E-state index is 0.156. The van der Waals surface area contributed by atoms with Crippen LogP contribution in [0.3, 0.4) is 0 Å². The molecule has 1 fully saturated rings. The van der Waals surface area contributed by atoms with E-state index in [2.05, 4.69) is 0 Å². The van der Waals surface area contributed by atoms with Crippen LogP contribution < -0.4 is 4.74 Å². The molecule has 2 aliphatic rings. The van der Waals surface area contributed by atoms with Crippen molar-refractivity contribution in [2.24, 2.45) is 10.4 Å². The molecule has 0 spiro atoms. The molecule has 216 valence electrons. The van der Waals surface area contributed by atoms with Gasteiger partial charge >= 0.3 is 12.1 Å². The van der Waals surface area contributed by atoms with Gasteiger partial charge < -0.3 is 24.6 Å². The zero-order valence-electron chi connectivity index (χ0n) is 23.9. The maximum atomic E-state index is 13.4. The standard InChI is InChI=1S/C30H38ClN3O6/c1-19(16-29(5,6)38)39-25(35)17-30(28(2,3)4)18-33(13-14-34(30)27(36)37)26-21-9-7-8-10-23(21)40-24-12-11-20(31)15-22(24)32-26/h7-12,15,19,38H,13-14,16-18H2,1-6H3,(H,36,37)/t19-,30-/m1/s1. The van der Waals surface area contributed by atoms with Crippen LogP contribution in [0.5, 0.6) is 11.5 Å². The fourth-order valence-corrected chi connectivity index (χ4v) is 5.79. The largest absolute Gasteiger partial charge is 0.465 e. The molecule has 2 aromatic rings. The molecule has 0 radical (unpaired) electrons. The number of aliphatic hydroxyl groups is 1. The van der Waals surface area contributed by atoms with Crippen molar-refractivity contribution >= 4 is 35.2 Å². The first-order chi connectivity index (χ1) is 18.6. The van der Waals surface area contributed by atoms with Crippen LogP contribution in [0.25, 0.3) is 0 Å². The van der Waals surface area contributed by atoms with E-state index in [1.807, 2.05) is 49.9 Å². The van der Waals surface area contributed by atoms with Crippen molar-refractivity contribution in [3.63, 3.8) is 0 Å². The number of hydrogen-bond acceptors (Lipinski definition) is 7. The fraction of sp³-hybridized carbons (Fsp3) is 0.500. The topological polar surface area (TPSA) is 112 Å². The number of esters is 1. The van der Waals surface area contributed by atoms with Crippen LogP contribution in [0.1, 0.15) is 59.9 Å². The van der Waals surface area contributed by atoms with Gasteiger partial charge in [0.05, 0.1) is 23.1 Å². The predicted molar refractivity (Wildman–Crippen MR) is 154 cm³/mol. The molecule has 4 rings (SSSR count). The molecule has 0 saturated carbocycles. The molecule has 40 heavy (non-hydrogen) atoms. The van der Waals surface area contributed by atoms with E-state index in [9.17, 15) is 19.8 Å². The molecule has 2 aromatic carbocycles. The van der Waals surface area contributed by atoms with E-state index in [0.717, 1.165) is 5.56 Å². The number of aliphatic imine (C=N–C) groups is 1. The second kappa shape index (κ2) is 10.9. The Hall–Kier alpha value is -3.30. The molecular weight excluding hydrogens is 534 g/mol. The SMILES string of the molecule is C[C@H](CC(C)(C)O)OC(=O)C[C@]1(C(C)(C)C)CN(C2=Nc3cc(Cl)ccc3Oc3ccccc32)CCN1C(=O)O. The molecule has 2 atom stereocenters. The zero-order valence-corrected chi connectivity index (χ0v) is 24.7. The minimum atomic E-state index is -1.15. The lowest BCUT2D eigenvalue weighted by atomic mass is 9.68. The summed E-state index contributed by atoms with van der Waals surface area (Å²) in [5.41, 5.74) is -1.51. The highest BCUT2D eigenvalue weighted by molar-refractivity contribution is 6.31. The van der Waals surface area contributed by atoms with Crippen molar-refractivity contribution in [3.8, 4) is 11.5 Å². The zero-order chi connectivity index (χ0) is 29.5. The van der Waals surface area contributed by atoms with Crippen LogP contribution >= 0.6 is 11.6 Å². The number of piperazine rings is 1. The van der Waals surface area contributed by atoms with Gasteiger partial charge in [0.25, 0.3) is 0 Å². The number of benzene rings is 2. The number of rotatable bonds is 5. The number of hydrogen-bond donors (Lipinski definition) is 2. The molecule has 1 saturated heterocycles. The Morgan fingerprint density at radius 2 is 1.82 bits per heavy atom. The number of amides is 1. The van der Waals surface area contributed by atoms with Crippen LogP contribution in [-0.4, -0.2) is 74.8 Å². The number of nitrogens with zero attached hydrogens (tertiary/aromatic N) is 3. The highest BCUT2D eigenvalue weighted by Crippen LogP contribution is 2.44. The predicted octanol–water partition coefficient (Wildman–Crippen LogP) is 6.09. The van der Waals surface area contributed by atoms with Crippen LogP contribution in [-0.2, 0) is 9.53 Å². The lowest BCUT2D eigenvalue weighted by Gasteiger charge is -2.56. The van der Waals surface area contributed by atoms with Gasteiger partial charge in [0, 0.05) is 31.1 Å². The Kier molecular flexibility index (Phi) is 8.11. The third-order valence-electron chi connectivity index (χ3n) is 7.54. The third-order valence-corrected chi connectivity index (χ3v) is 7.78. The first-order valence-electron chi connectivity index (χ1n) is 13.4. The minimum Gasteiger partial charge on any atom is -0.465 e. The number of fused-ring (bicyclic) bond motifs is 2. The van der Waals surface area contributed by atoms with Gasteiger partial charge in [-0.15, -0.1) is 0 Å². The van der Waals surface area contributed by atoms with E-state index in [1.165, 1.54) is 4.90 Å². The van der Waals surface area contributed by atoms with Crippen molar-refractivity contribution in [2.45, 2.75) is 71.6 Å². The summed E-state index contributed by atoms with van der Waals surface area (Å²) in [7, 11) is 0. The number of carbonyl (C=O) groups excluding carboxylic acids is 1. The van der Waals surface area contributed by atoms with Gasteiger partial charge in [-0.25, -0.2) is 9.79 Å². The van der Waals surface area contributed by atoms with E-state index >= 15 is 0 Å². The summed E-state index contributed by atoms with van der Waals surface area (Å²) >= 11 is 6.30. The first kappa shape index (κ1) is 29.7. The summed E-state index contributed by atoms with van der Waals surface area (Å²) in [6, 6.07) is 12.8. The highest BCUT2D eigenvalue weighted by Gasteiger charge is 2.54. The van der Waals surface area contributed by atoms with E-state index in [1.54, 1.807) is 39.0 Å². The quantitative estimate of drug-likeness (QED) is 0.418. The number of carbonyl (C=O) groups is 2. The Morgan fingerprint density at radius 3 is 2.48 bits per heavy atom. The van der Waals surface area contributed by atoms with Crippen molar-refractivity contribution < 1.29 is 29.3 Å². The average Bonchev–Trinajstić information content (AvgIpc) is 2.98. The summed E-state index contributed by atoms with van der Waals surface area (Å²) in [4.78, 5) is 34.3. The monoisotopic (exact) mass is 571 g/mol. The van der Waals surface area contributed by atoms with Gasteiger partial charge in [0.2, 0.25) is 0 Å². The van der Waals surface area contributed by atoms with Gasteiger partial charge in [0.1, 0.15) is 23.4 Å². The maximum absolute atomic E-state index is 13.4. The average molecular weight is 572 g/mol. The van der Waals surface area contributed by atoms with E-state index in [4.69, 9.17) is 26.1 Å². The van der Waals surface area contributed by atoms with Crippen molar-refractivity contribution in [1.29, 1.82) is 0 Å². The summed E-state index contributed by atoms with van der Waals surface area (Å²) in [5, 5.41) is 21.0. The van der Waals surface area contributed by atoms with E-state index < -0.39 is 34.7 Å². The molecule has 0 bridgehead atoms. The van der Waals surface area contributed by atoms with Gasteiger partial charge in [-0.1, -0.05) is 44.5 Å². The molecular formula is C30H38ClN3O6. The van der Waals surface area contributed by atoms with Crippen LogP contribution in [0.4, 0.5) is 10.5 Å². The first-order valence-corrected chi connectivity index (χ1v) is 13.8. The Labute approximate surface area is 240 Å². The number of ether oxygens (including phenoxy) is 2. The highest BCUT2D eigenvalue weighted by atomic mass is 35.5. The summed E-state index contributed by atoms with van der Waals surface area (Å²) in [5.74, 6) is 1.26. The number of halogens is 1. The smallest absolute Gasteiger partial charge is 0.407 e. The number of amidine groups is 1. The number of carboxylic acid groups (broad SMARTS) is 1. The lowest BCUT2D eigenvalue weighted by Crippen LogP contribution is -2.70. The van der Waals surface area contributed by atoms with Crippen LogP contribution in [0.2, 0.25) is 5.02 Å². The summed E-state index contributed by atoms with van der Waals surface area (Å²) in [6.45, 7) is 11.5. The molecule has 9 nitrogen and oxygen atoms in total. The van der Waals surface area contributed by atoms with Crippen LogP contribution in [0, 0.1) is 5.41 Å². The second-order valence-corrected chi connectivity index (χ2v) is 12.7. The molecule has 1 amide bonds. The summed E-state index contributed by atoms with van der Waals surface area (Å²) in [6.07, 6.45) is -1.55. The maximum Gasteiger partial charge on any atom is 0.407 e. The van der Waals surface area contributed by atoms with Crippen LogP contribution in [0.15, 0.2) is 47.5 Å². The normalized spacial score (nSPS) is 19.9. The Bertz CT molecular complexity index is 1320. The van der Waals surface area contributed by atoms with Gasteiger partial charge in [-0.3, -0.25) is 9.69 Å². The number of para-hydroxylation sites is 1. The summed E-state index contributed by atoms with van der Waals surface area (Å²) < 4.78 is 11.9. The Morgan fingerprint density at radius 1 is 1.12 bits per heavy atom. The molecule has 0 aromatic heterocycles. The third kappa shape index (κ3) is 6.20. The Balaban J connectivity index is 1.76. The molecule has 2 heterocycles. The molecule has 10 heteroatoms.